The Morgan fingerprint density at radius 3 is 2.65 bits per heavy atom. The summed E-state index contributed by atoms with van der Waals surface area (Å²) in [6.45, 7) is 0. The highest BCUT2D eigenvalue weighted by atomic mass is 32.1. The molecule has 1 aliphatic rings. The van der Waals surface area contributed by atoms with Gasteiger partial charge in [0.2, 0.25) is 0 Å². The van der Waals surface area contributed by atoms with E-state index < -0.39 is 0 Å². The van der Waals surface area contributed by atoms with E-state index in [1.165, 1.54) is 5.56 Å². The van der Waals surface area contributed by atoms with Crippen molar-refractivity contribution in [3.8, 4) is 28.7 Å². The lowest BCUT2D eigenvalue weighted by molar-refractivity contribution is 0.356. The number of aryl methyl sites for hydroxylation is 1. The molecule has 0 bridgehead atoms. The van der Waals surface area contributed by atoms with Crippen molar-refractivity contribution < 1.29 is 9.47 Å². The number of methoxy groups -OCH3 is 2. The van der Waals surface area contributed by atoms with Crippen molar-refractivity contribution in [2.45, 2.75) is 25.7 Å². The van der Waals surface area contributed by atoms with Gasteiger partial charge in [-0.25, -0.2) is 0 Å². The molecule has 0 unspecified atom stereocenters. The quantitative estimate of drug-likeness (QED) is 0.860. The molecule has 1 aromatic carbocycles. The summed E-state index contributed by atoms with van der Waals surface area (Å²) in [5.41, 5.74) is 4.57. The molecule has 5 heteroatoms. The predicted molar refractivity (Wildman–Crippen MR) is 91.5 cm³/mol. The zero-order chi connectivity index (χ0) is 16.4. The molecular formula is C18H18N2O2S. The number of benzene rings is 1. The second kappa shape index (κ2) is 6.43. The Kier molecular flexibility index (Phi) is 4.35. The minimum Gasteiger partial charge on any atom is -0.493 e. The molecule has 1 aromatic heterocycles. The van der Waals surface area contributed by atoms with Gasteiger partial charge >= 0.3 is 0 Å². The Hall–Kier alpha value is -2.32. The van der Waals surface area contributed by atoms with Crippen molar-refractivity contribution in [1.82, 2.24) is 4.98 Å². The molecule has 0 amide bonds. The lowest BCUT2D eigenvalue weighted by Crippen LogP contribution is -2.10. The summed E-state index contributed by atoms with van der Waals surface area (Å²) in [6.07, 6.45) is 4.15. The standard InChI is InChI=1S/C18H18N2O2S/c1-21-15-9-5-7-12(17(15)22-2)16-11-6-3-4-8-14(11)20-18(23)13(16)10-19/h5,7,9H,3-4,6,8H2,1-2H3,(H,20,23). The van der Waals surface area contributed by atoms with Crippen molar-refractivity contribution >= 4 is 12.2 Å². The monoisotopic (exact) mass is 326 g/mol. The van der Waals surface area contributed by atoms with Gasteiger partial charge in [-0.2, -0.15) is 5.26 Å². The molecule has 0 radical (unpaired) electrons. The number of nitriles is 1. The van der Waals surface area contributed by atoms with Crippen LogP contribution < -0.4 is 9.47 Å². The number of fused-ring (bicyclic) bond motifs is 1. The van der Waals surface area contributed by atoms with Crippen LogP contribution in [0.15, 0.2) is 18.2 Å². The topological polar surface area (TPSA) is 58.0 Å². The number of para-hydroxylation sites is 1. The number of hydrogen-bond donors (Lipinski definition) is 1. The summed E-state index contributed by atoms with van der Waals surface area (Å²) in [5, 5.41) is 9.64. The molecule has 4 nitrogen and oxygen atoms in total. The van der Waals surface area contributed by atoms with Gasteiger partial charge in [0.15, 0.2) is 11.5 Å². The Labute approximate surface area is 140 Å². The molecule has 0 saturated carbocycles. The first-order chi connectivity index (χ1) is 11.2. The molecule has 1 aliphatic carbocycles. The first-order valence-electron chi connectivity index (χ1n) is 7.60. The zero-order valence-corrected chi connectivity index (χ0v) is 14.0. The van der Waals surface area contributed by atoms with Crippen molar-refractivity contribution in [2.75, 3.05) is 14.2 Å². The first-order valence-corrected chi connectivity index (χ1v) is 8.01. The summed E-state index contributed by atoms with van der Waals surface area (Å²) >= 11 is 5.41. The molecule has 1 heterocycles. The van der Waals surface area contributed by atoms with Gasteiger partial charge < -0.3 is 14.5 Å². The highest BCUT2D eigenvalue weighted by Crippen LogP contribution is 2.42. The summed E-state index contributed by atoms with van der Waals surface area (Å²) < 4.78 is 11.5. The largest absolute Gasteiger partial charge is 0.493 e. The number of ether oxygens (including phenoxy) is 2. The number of aromatic amines is 1. The first kappa shape index (κ1) is 15.6. The molecule has 0 fully saturated rings. The van der Waals surface area contributed by atoms with Gasteiger partial charge in [-0.1, -0.05) is 24.4 Å². The number of aromatic nitrogens is 1. The van der Waals surface area contributed by atoms with Crippen molar-refractivity contribution in [3.63, 3.8) is 0 Å². The molecule has 23 heavy (non-hydrogen) atoms. The van der Waals surface area contributed by atoms with Crippen LogP contribution in [0.4, 0.5) is 0 Å². The molecule has 118 valence electrons. The molecule has 0 atom stereocenters. The van der Waals surface area contributed by atoms with Crippen LogP contribution in [0.2, 0.25) is 0 Å². The number of nitrogens with one attached hydrogen (secondary N) is 1. The Morgan fingerprint density at radius 1 is 1.17 bits per heavy atom. The van der Waals surface area contributed by atoms with Gasteiger partial charge in [0.25, 0.3) is 0 Å². The van der Waals surface area contributed by atoms with E-state index in [9.17, 15) is 5.26 Å². The highest BCUT2D eigenvalue weighted by molar-refractivity contribution is 7.71. The molecule has 3 rings (SSSR count). The molecule has 0 saturated heterocycles. The summed E-state index contributed by atoms with van der Waals surface area (Å²) in [7, 11) is 3.23. The van der Waals surface area contributed by atoms with E-state index >= 15 is 0 Å². The van der Waals surface area contributed by atoms with E-state index in [0.717, 1.165) is 42.5 Å². The minimum absolute atomic E-state index is 0.494. The van der Waals surface area contributed by atoms with Gasteiger partial charge in [0.1, 0.15) is 10.7 Å². The van der Waals surface area contributed by atoms with E-state index in [1.54, 1.807) is 14.2 Å². The number of pyridine rings is 1. The number of hydrogen-bond acceptors (Lipinski definition) is 4. The third kappa shape index (κ3) is 2.60. The van der Waals surface area contributed by atoms with Crippen molar-refractivity contribution in [3.05, 3.63) is 39.7 Å². The van der Waals surface area contributed by atoms with Crippen LogP contribution in [-0.4, -0.2) is 19.2 Å². The number of H-pyrrole nitrogens is 1. The third-order valence-electron chi connectivity index (χ3n) is 4.30. The Balaban J connectivity index is 2.39. The average molecular weight is 326 g/mol. The lowest BCUT2D eigenvalue weighted by atomic mass is 9.86. The molecule has 0 aliphatic heterocycles. The maximum atomic E-state index is 9.64. The van der Waals surface area contributed by atoms with Gasteiger partial charge in [-0.15, -0.1) is 0 Å². The van der Waals surface area contributed by atoms with Crippen LogP contribution >= 0.6 is 12.2 Å². The average Bonchev–Trinajstić information content (AvgIpc) is 2.59. The zero-order valence-electron chi connectivity index (χ0n) is 13.2. The SMILES string of the molecule is COc1cccc(-c2c3c([nH]c(=S)c2C#N)CCCC3)c1OC. The maximum absolute atomic E-state index is 9.64. The summed E-state index contributed by atoms with van der Waals surface area (Å²) in [6, 6.07) is 7.99. The van der Waals surface area contributed by atoms with E-state index in [4.69, 9.17) is 21.7 Å². The van der Waals surface area contributed by atoms with Crippen LogP contribution in [0.5, 0.6) is 11.5 Å². The Morgan fingerprint density at radius 2 is 1.96 bits per heavy atom. The van der Waals surface area contributed by atoms with Crippen LogP contribution in [0.1, 0.15) is 29.7 Å². The van der Waals surface area contributed by atoms with Crippen LogP contribution in [0.3, 0.4) is 0 Å². The van der Waals surface area contributed by atoms with Gasteiger partial charge in [0, 0.05) is 16.8 Å². The van der Waals surface area contributed by atoms with Gasteiger partial charge in [-0.3, -0.25) is 0 Å². The fourth-order valence-electron chi connectivity index (χ4n) is 3.27. The van der Waals surface area contributed by atoms with Crippen LogP contribution in [0.25, 0.3) is 11.1 Å². The Bertz CT molecular complexity index is 849. The van der Waals surface area contributed by atoms with E-state index in [2.05, 4.69) is 11.1 Å². The second-order valence-electron chi connectivity index (χ2n) is 5.52. The van der Waals surface area contributed by atoms with Crippen molar-refractivity contribution in [2.24, 2.45) is 0 Å². The molecule has 2 aromatic rings. The maximum Gasteiger partial charge on any atom is 0.168 e. The highest BCUT2D eigenvalue weighted by Gasteiger charge is 2.23. The van der Waals surface area contributed by atoms with Gasteiger partial charge in [-0.05, 0) is 37.3 Å². The van der Waals surface area contributed by atoms with E-state index in [0.29, 0.717) is 21.7 Å². The van der Waals surface area contributed by atoms with Gasteiger partial charge in [0.05, 0.1) is 19.8 Å². The fraction of sp³-hybridized carbons (Fsp3) is 0.333. The summed E-state index contributed by atoms with van der Waals surface area (Å²) in [5.74, 6) is 1.29. The van der Waals surface area contributed by atoms with E-state index in [-0.39, 0.29) is 0 Å². The molecular weight excluding hydrogens is 308 g/mol. The lowest BCUT2D eigenvalue weighted by Gasteiger charge is -2.22. The smallest absolute Gasteiger partial charge is 0.168 e. The van der Waals surface area contributed by atoms with E-state index in [1.807, 2.05) is 18.2 Å². The molecule has 0 spiro atoms. The van der Waals surface area contributed by atoms with Crippen LogP contribution in [0, 0.1) is 16.0 Å². The van der Waals surface area contributed by atoms with Crippen molar-refractivity contribution in [1.29, 1.82) is 5.26 Å². The third-order valence-corrected chi connectivity index (χ3v) is 4.60. The summed E-state index contributed by atoms with van der Waals surface area (Å²) in [4.78, 5) is 3.24. The fourth-order valence-corrected chi connectivity index (χ4v) is 3.54. The van der Waals surface area contributed by atoms with Crippen LogP contribution in [-0.2, 0) is 12.8 Å². The second-order valence-corrected chi connectivity index (χ2v) is 5.93. The number of nitrogens with zero attached hydrogens (tertiary/aromatic N) is 1. The minimum atomic E-state index is 0.494. The normalized spacial score (nSPS) is 13.1. The molecule has 1 N–H and O–H groups in total. The number of rotatable bonds is 3. The predicted octanol–water partition coefficient (Wildman–Crippen LogP) is 4.18.